The van der Waals surface area contributed by atoms with Crippen LogP contribution < -0.4 is 14.2 Å². The lowest BCUT2D eigenvalue weighted by Crippen LogP contribution is -2.25. The summed E-state index contributed by atoms with van der Waals surface area (Å²) in [5, 5.41) is 0. The third kappa shape index (κ3) is 9.10. The van der Waals surface area contributed by atoms with Gasteiger partial charge in [-0.3, -0.25) is 4.79 Å². The fraction of sp³-hybridized carbons (Fsp3) is 0.258. The van der Waals surface area contributed by atoms with E-state index in [0.29, 0.717) is 42.3 Å². The Morgan fingerprint density at radius 2 is 1.21 bits per heavy atom. The second-order valence-corrected chi connectivity index (χ2v) is 9.70. The summed E-state index contributed by atoms with van der Waals surface area (Å²) in [5.74, 6) is -1.61. The smallest absolute Gasteiger partial charge is 0.366 e. The van der Waals surface area contributed by atoms with Crippen LogP contribution in [0.25, 0.3) is 11.1 Å². The monoisotopic (exact) mass is 534 g/mol. The highest BCUT2D eigenvalue weighted by atomic mass is 19.1. The fourth-order valence-electron chi connectivity index (χ4n) is 3.18. The summed E-state index contributed by atoms with van der Waals surface area (Å²) in [6, 6.07) is 20.8. The summed E-state index contributed by atoms with van der Waals surface area (Å²) < 4.78 is 33.6. The van der Waals surface area contributed by atoms with Gasteiger partial charge in [-0.05, 0) is 93.3 Å². The molecule has 0 saturated carbocycles. The van der Waals surface area contributed by atoms with Gasteiger partial charge in [0.25, 0.3) is 0 Å². The number of ether oxygens (including phenoxy) is 4. The Hall–Kier alpha value is -4.46. The number of carbonyl (C=O) groups excluding carboxylic acids is 3. The van der Waals surface area contributed by atoms with E-state index in [-0.39, 0.29) is 12.6 Å². The second kappa shape index (κ2) is 13.4. The van der Waals surface area contributed by atoms with Crippen LogP contribution in [0.15, 0.2) is 85.2 Å². The van der Waals surface area contributed by atoms with Crippen molar-refractivity contribution in [3.05, 3.63) is 90.8 Å². The molecule has 0 radical (unpaired) electrons. The van der Waals surface area contributed by atoms with Crippen LogP contribution in [-0.4, -0.2) is 31.1 Å². The summed E-state index contributed by atoms with van der Waals surface area (Å²) in [6.45, 7) is 8.72. The number of hydrogen-bond acceptors (Lipinski definition) is 7. The molecule has 0 bridgehead atoms. The molecule has 0 saturated heterocycles. The molecule has 0 aromatic heterocycles. The molecule has 0 N–H and O–H groups in total. The average Bonchev–Trinajstić information content (AvgIpc) is 2.91. The number of rotatable bonds is 11. The first kappa shape index (κ1) is 29.1. The summed E-state index contributed by atoms with van der Waals surface area (Å²) >= 11 is 0. The molecule has 0 spiro atoms. The van der Waals surface area contributed by atoms with Crippen LogP contribution in [0, 0.1) is 5.41 Å². The van der Waals surface area contributed by atoms with Crippen molar-refractivity contribution in [1.29, 1.82) is 0 Å². The maximum Gasteiger partial charge on any atom is 0.366 e. The van der Waals surface area contributed by atoms with E-state index in [4.69, 9.17) is 14.2 Å². The summed E-state index contributed by atoms with van der Waals surface area (Å²) in [5.41, 5.74) is 1.63. The van der Waals surface area contributed by atoms with Crippen molar-refractivity contribution >= 4 is 17.9 Å². The lowest BCUT2D eigenvalue weighted by Gasteiger charge is -2.16. The van der Waals surface area contributed by atoms with Gasteiger partial charge in [0.2, 0.25) is 5.83 Å². The molecule has 0 amide bonds. The Morgan fingerprint density at radius 3 is 1.74 bits per heavy atom. The fourth-order valence-corrected chi connectivity index (χ4v) is 3.18. The van der Waals surface area contributed by atoms with E-state index < -0.39 is 23.2 Å². The Kier molecular flexibility index (Phi) is 9.98. The first-order valence-corrected chi connectivity index (χ1v) is 12.4. The lowest BCUT2D eigenvalue weighted by molar-refractivity contribution is -0.143. The molecule has 7 nitrogen and oxygen atoms in total. The van der Waals surface area contributed by atoms with Crippen LogP contribution in [0.2, 0.25) is 0 Å². The van der Waals surface area contributed by atoms with Gasteiger partial charge in [0, 0.05) is 0 Å². The first-order chi connectivity index (χ1) is 18.5. The molecule has 0 heterocycles. The zero-order chi connectivity index (χ0) is 28.4. The van der Waals surface area contributed by atoms with E-state index in [0.717, 1.165) is 11.1 Å². The normalized spacial score (nSPS) is 10.9. The molecule has 0 atom stereocenters. The van der Waals surface area contributed by atoms with E-state index in [1.165, 1.54) is 0 Å². The number of benzene rings is 3. The summed E-state index contributed by atoms with van der Waals surface area (Å²) in [4.78, 5) is 35.5. The van der Waals surface area contributed by atoms with Crippen molar-refractivity contribution in [2.24, 2.45) is 5.41 Å². The Balaban J connectivity index is 1.47. The third-order valence-corrected chi connectivity index (χ3v) is 5.43. The minimum Gasteiger partial charge on any atom is -0.494 e. The average molecular weight is 535 g/mol. The molecule has 0 aliphatic heterocycles. The van der Waals surface area contributed by atoms with Crippen LogP contribution in [-0.2, 0) is 14.3 Å². The first-order valence-electron chi connectivity index (χ1n) is 12.4. The van der Waals surface area contributed by atoms with Gasteiger partial charge in [-0.1, -0.05) is 30.8 Å². The molecular formula is C31H31FO7. The Morgan fingerprint density at radius 1 is 0.718 bits per heavy atom. The highest BCUT2D eigenvalue weighted by molar-refractivity contribution is 5.91. The van der Waals surface area contributed by atoms with Crippen LogP contribution >= 0.6 is 0 Å². The molecule has 3 aromatic rings. The van der Waals surface area contributed by atoms with E-state index >= 15 is 0 Å². The zero-order valence-electron chi connectivity index (χ0n) is 22.2. The van der Waals surface area contributed by atoms with Crippen LogP contribution in [0.3, 0.4) is 0 Å². The number of halogens is 1. The van der Waals surface area contributed by atoms with Crippen LogP contribution in [0.4, 0.5) is 4.39 Å². The minimum atomic E-state index is -1.11. The number of carbonyl (C=O) groups is 3. The minimum absolute atomic E-state index is 0.106. The van der Waals surface area contributed by atoms with Crippen molar-refractivity contribution in [3.63, 3.8) is 0 Å². The van der Waals surface area contributed by atoms with Crippen molar-refractivity contribution in [2.45, 2.75) is 33.6 Å². The molecule has 39 heavy (non-hydrogen) atoms. The quantitative estimate of drug-likeness (QED) is 0.117. The summed E-state index contributed by atoms with van der Waals surface area (Å²) in [7, 11) is 0. The Bertz CT molecular complexity index is 1290. The third-order valence-electron chi connectivity index (χ3n) is 5.43. The van der Waals surface area contributed by atoms with Gasteiger partial charge < -0.3 is 18.9 Å². The second-order valence-electron chi connectivity index (χ2n) is 9.70. The maximum atomic E-state index is 12.6. The Labute approximate surface area is 227 Å². The van der Waals surface area contributed by atoms with Crippen LogP contribution in [0.1, 0.15) is 44.0 Å². The molecule has 3 aromatic carbocycles. The van der Waals surface area contributed by atoms with Crippen LogP contribution in [0.5, 0.6) is 17.2 Å². The molecule has 0 unspecified atom stereocenters. The largest absolute Gasteiger partial charge is 0.494 e. The topological polar surface area (TPSA) is 88.1 Å². The molecule has 0 fully saturated rings. The van der Waals surface area contributed by atoms with Gasteiger partial charge in [-0.15, -0.1) is 0 Å². The molecule has 0 aliphatic carbocycles. The van der Waals surface area contributed by atoms with Gasteiger partial charge in [0.15, 0.2) is 0 Å². The predicted molar refractivity (Wildman–Crippen MR) is 144 cm³/mol. The van der Waals surface area contributed by atoms with Gasteiger partial charge in [-0.2, -0.15) is 4.39 Å². The van der Waals surface area contributed by atoms with Crippen molar-refractivity contribution in [2.75, 3.05) is 13.2 Å². The lowest BCUT2D eigenvalue weighted by atomic mass is 9.97. The highest BCUT2D eigenvalue weighted by Gasteiger charge is 2.23. The van der Waals surface area contributed by atoms with E-state index in [2.05, 4.69) is 11.3 Å². The van der Waals surface area contributed by atoms with Crippen molar-refractivity contribution < 1.29 is 37.7 Å². The standard InChI is InChI=1S/C31H31FO7/c1-21(32)28(33)37-20-6-5-19-36-25-13-11-23(12-14-25)22-7-9-24(10-8-22)29(34)38-26-15-17-27(18-16-26)39-30(35)31(2,3)4/h7-18H,1,5-6,19-20H2,2-4H3. The molecule has 3 rings (SSSR count). The maximum absolute atomic E-state index is 12.6. The molecule has 204 valence electrons. The van der Waals surface area contributed by atoms with E-state index in [1.54, 1.807) is 57.2 Å². The molecule has 0 aliphatic rings. The number of unbranched alkanes of at least 4 members (excludes halogenated alkanes) is 1. The van der Waals surface area contributed by atoms with Gasteiger partial charge in [0.05, 0.1) is 24.2 Å². The summed E-state index contributed by atoms with van der Waals surface area (Å²) in [6.07, 6.45) is 1.18. The SMILES string of the molecule is C=C(F)C(=O)OCCCCOc1ccc(-c2ccc(C(=O)Oc3ccc(OC(=O)C(C)(C)C)cc3)cc2)cc1. The van der Waals surface area contributed by atoms with E-state index in [1.807, 2.05) is 36.4 Å². The number of hydrogen-bond donors (Lipinski definition) is 0. The zero-order valence-corrected chi connectivity index (χ0v) is 22.2. The predicted octanol–water partition coefficient (Wildman–Crippen LogP) is 6.71. The van der Waals surface area contributed by atoms with Crippen molar-refractivity contribution in [1.82, 2.24) is 0 Å². The van der Waals surface area contributed by atoms with Gasteiger partial charge >= 0.3 is 17.9 Å². The highest BCUT2D eigenvalue weighted by Crippen LogP contribution is 2.25. The van der Waals surface area contributed by atoms with Gasteiger partial charge in [0.1, 0.15) is 17.2 Å². The molecule has 8 heteroatoms. The van der Waals surface area contributed by atoms with Crippen molar-refractivity contribution in [3.8, 4) is 28.4 Å². The van der Waals surface area contributed by atoms with Gasteiger partial charge in [-0.25, -0.2) is 9.59 Å². The molecular weight excluding hydrogens is 503 g/mol. The van der Waals surface area contributed by atoms with E-state index in [9.17, 15) is 18.8 Å². The number of esters is 3.